The minimum Gasteiger partial charge on any atom is -0.352 e. The zero-order valence-electron chi connectivity index (χ0n) is 19.9. The van der Waals surface area contributed by atoms with Crippen LogP contribution in [0.3, 0.4) is 0 Å². The third-order valence-corrected chi connectivity index (χ3v) is 9.28. The number of hydrogen-bond acceptors (Lipinski definition) is 7. The van der Waals surface area contributed by atoms with Crippen molar-refractivity contribution in [3.63, 3.8) is 0 Å². The first-order chi connectivity index (χ1) is 16.2. The van der Waals surface area contributed by atoms with Crippen LogP contribution in [0.25, 0.3) is 10.7 Å². The van der Waals surface area contributed by atoms with E-state index in [1.807, 2.05) is 45.0 Å². The van der Waals surface area contributed by atoms with Gasteiger partial charge in [-0.15, -0.1) is 11.3 Å². The predicted octanol–water partition coefficient (Wildman–Crippen LogP) is 4.26. The van der Waals surface area contributed by atoms with E-state index in [1.165, 1.54) is 15.6 Å². The molecule has 34 heavy (non-hydrogen) atoms. The Morgan fingerprint density at radius 2 is 2.06 bits per heavy atom. The highest BCUT2D eigenvalue weighted by Gasteiger charge is 2.35. The Kier molecular flexibility index (Phi) is 7.20. The van der Waals surface area contributed by atoms with Crippen LogP contribution < -0.4 is 5.32 Å². The van der Waals surface area contributed by atoms with E-state index in [0.29, 0.717) is 47.4 Å². The molecule has 3 heterocycles. The molecule has 1 aliphatic rings. The van der Waals surface area contributed by atoms with Crippen molar-refractivity contribution in [3.8, 4) is 10.7 Å². The van der Waals surface area contributed by atoms with Crippen LogP contribution in [0.15, 0.2) is 39.8 Å². The number of aryl methyl sites for hydroxylation is 2. The van der Waals surface area contributed by atoms with Gasteiger partial charge in [-0.05, 0) is 43.9 Å². The molecule has 1 unspecified atom stereocenters. The molecule has 0 saturated carbocycles. The van der Waals surface area contributed by atoms with Gasteiger partial charge >= 0.3 is 0 Å². The molecule has 1 aliphatic heterocycles. The lowest BCUT2D eigenvalue weighted by Crippen LogP contribution is -2.45. The first-order valence-corrected chi connectivity index (χ1v) is 13.7. The van der Waals surface area contributed by atoms with Crippen LogP contribution in [-0.4, -0.2) is 41.9 Å². The number of sulfonamides is 1. The summed E-state index contributed by atoms with van der Waals surface area (Å²) in [4.78, 5) is 18.8. The second-order valence-corrected chi connectivity index (χ2v) is 12.2. The van der Waals surface area contributed by atoms with Crippen LogP contribution >= 0.6 is 11.3 Å². The summed E-state index contributed by atoms with van der Waals surface area (Å²) >= 11 is 1.33. The maximum Gasteiger partial charge on any atom is 0.244 e. The number of rotatable bonds is 7. The average Bonchev–Trinajstić information content (AvgIpc) is 3.46. The van der Waals surface area contributed by atoms with E-state index in [-0.39, 0.29) is 29.2 Å². The summed E-state index contributed by atoms with van der Waals surface area (Å²) in [5.74, 6) is 0.509. The molecule has 3 aromatic rings. The Balaban J connectivity index is 1.47. The summed E-state index contributed by atoms with van der Waals surface area (Å²) in [6.45, 7) is 8.70. The second-order valence-electron chi connectivity index (χ2n) is 8.99. The fourth-order valence-electron chi connectivity index (χ4n) is 4.05. The van der Waals surface area contributed by atoms with Gasteiger partial charge in [-0.2, -0.15) is 9.29 Å². The van der Waals surface area contributed by atoms with Crippen LogP contribution in [0.5, 0.6) is 0 Å². The first-order valence-electron chi connectivity index (χ1n) is 11.4. The third-order valence-electron chi connectivity index (χ3n) is 6.12. The Labute approximate surface area is 204 Å². The maximum absolute atomic E-state index is 13.5. The van der Waals surface area contributed by atoms with Crippen LogP contribution in [0.1, 0.15) is 54.5 Å². The van der Waals surface area contributed by atoms with Gasteiger partial charge in [0.1, 0.15) is 0 Å². The summed E-state index contributed by atoms with van der Waals surface area (Å²) in [7, 11) is -3.75. The lowest BCUT2D eigenvalue weighted by Gasteiger charge is -2.31. The average molecular weight is 503 g/mol. The van der Waals surface area contributed by atoms with E-state index >= 15 is 0 Å². The molecule has 4 rings (SSSR count). The number of aromatic nitrogens is 2. The minimum absolute atomic E-state index is 0.0905. The van der Waals surface area contributed by atoms with Crippen LogP contribution in [0.2, 0.25) is 0 Å². The van der Waals surface area contributed by atoms with Crippen molar-refractivity contribution in [1.82, 2.24) is 19.8 Å². The van der Waals surface area contributed by atoms with E-state index in [2.05, 4.69) is 15.5 Å². The fraction of sp³-hybridized carbons (Fsp3) is 0.458. The molecule has 1 atom stereocenters. The largest absolute Gasteiger partial charge is 0.352 e. The van der Waals surface area contributed by atoms with Gasteiger partial charge in [0.2, 0.25) is 27.6 Å². The van der Waals surface area contributed by atoms with Crippen molar-refractivity contribution in [2.24, 2.45) is 5.92 Å². The van der Waals surface area contributed by atoms with E-state index < -0.39 is 10.0 Å². The molecule has 1 aromatic carbocycles. The van der Waals surface area contributed by atoms with Gasteiger partial charge < -0.3 is 9.84 Å². The summed E-state index contributed by atoms with van der Waals surface area (Å²) < 4.78 is 33.7. The molecule has 182 valence electrons. The molecule has 0 aliphatic carbocycles. The molecule has 8 nitrogen and oxygen atoms in total. The summed E-state index contributed by atoms with van der Waals surface area (Å²) in [5, 5.41) is 6.99. The smallest absolute Gasteiger partial charge is 0.244 e. The zero-order valence-corrected chi connectivity index (χ0v) is 21.5. The van der Waals surface area contributed by atoms with Gasteiger partial charge in [-0.3, -0.25) is 4.79 Å². The number of nitrogens with one attached hydrogen (secondary N) is 1. The van der Waals surface area contributed by atoms with Crippen molar-refractivity contribution >= 4 is 27.3 Å². The van der Waals surface area contributed by atoms with Crippen molar-refractivity contribution in [3.05, 3.63) is 52.2 Å². The van der Waals surface area contributed by atoms with Crippen LogP contribution in [-0.2, 0) is 21.4 Å². The molecular formula is C24H30N4O4S2. The van der Waals surface area contributed by atoms with Crippen molar-refractivity contribution in [2.75, 3.05) is 13.1 Å². The Morgan fingerprint density at radius 3 is 2.76 bits per heavy atom. The SMILES string of the molecule is Cc1ccccc1CNC(=O)C1CCCN(S(=O)(=O)c2cc(-c3noc(C(C)C)n3)sc2C)C1. The third kappa shape index (κ3) is 5.08. The minimum atomic E-state index is -3.75. The molecule has 0 radical (unpaired) electrons. The Morgan fingerprint density at radius 1 is 1.29 bits per heavy atom. The molecule has 0 bridgehead atoms. The van der Waals surface area contributed by atoms with Crippen molar-refractivity contribution in [1.29, 1.82) is 0 Å². The van der Waals surface area contributed by atoms with Crippen molar-refractivity contribution in [2.45, 2.75) is 57.9 Å². The van der Waals surface area contributed by atoms with E-state index in [4.69, 9.17) is 4.52 Å². The Hall–Kier alpha value is -2.56. The van der Waals surface area contributed by atoms with Gasteiger partial charge in [-0.25, -0.2) is 8.42 Å². The highest BCUT2D eigenvalue weighted by Crippen LogP contribution is 2.35. The monoisotopic (exact) mass is 502 g/mol. The van der Waals surface area contributed by atoms with E-state index in [9.17, 15) is 13.2 Å². The van der Waals surface area contributed by atoms with E-state index in [0.717, 1.165) is 11.1 Å². The molecule has 1 fully saturated rings. The standard InChI is InChI=1S/C24H30N4O4S2/c1-15(2)24-26-22(27-32-24)20-12-21(17(4)33-20)34(30,31)28-11-7-10-19(14-28)23(29)25-13-18-9-6-5-8-16(18)3/h5-6,8-9,12,15,19H,7,10-11,13-14H2,1-4H3,(H,25,29). The van der Waals surface area contributed by atoms with Gasteiger partial charge in [0.25, 0.3) is 0 Å². The molecule has 2 aromatic heterocycles. The normalized spacial score (nSPS) is 17.3. The molecule has 1 N–H and O–H groups in total. The van der Waals surface area contributed by atoms with E-state index in [1.54, 1.807) is 13.0 Å². The second kappa shape index (κ2) is 9.97. The number of amides is 1. The molecule has 1 saturated heterocycles. The summed E-state index contributed by atoms with van der Waals surface area (Å²) in [6, 6.07) is 9.51. The predicted molar refractivity (Wildman–Crippen MR) is 131 cm³/mol. The summed E-state index contributed by atoms with van der Waals surface area (Å²) in [6.07, 6.45) is 1.31. The maximum atomic E-state index is 13.5. The molecular weight excluding hydrogens is 472 g/mol. The highest BCUT2D eigenvalue weighted by atomic mass is 32.2. The van der Waals surface area contributed by atoms with Crippen molar-refractivity contribution < 1.29 is 17.7 Å². The lowest BCUT2D eigenvalue weighted by atomic mass is 9.98. The molecule has 1 amide bonds. The highest BCUT2D eigenvalue weighted by molar-refractivity contribution is 7.89. The van der Waals surface area contributed by atoms with Crippen LogP contribution in [0.4, 0.5) is 0 Å². The zero-order chi connectivity index (χ0) is 24.5. The summed E-state index contributed by atoms with van der Waals surface area (Å²) in [5.41, 5.74) is 2.17. The number of carbonyl (C=O) groups is 1. The quantitative estimate of drug-likeness (QED) is 0.518. The van der Waals surface area contributed by atoms with Gasteiger partial charge in [-0.1, -0.05) is 43.3 Å². The number of hydrogen-bond donors (Lipinski definition) is 1. The molecule has 0 spiro atoms. The Bertz CT molecular complexity index is 1280. The number of carbonyl (C=O) groups excluding carboxylic acids is 1. The number of piperidine rings is 1. The fourth-order valence-corrected chi connectivity index (χ4v) is 7.06. The van der Waals surface area contributed by atoms with Gasteiger partial charge in [0.05, 0.1) is 15.7 Å². The first kappa shape index (κ1) is 24.6. The van der Waals surface area contributed by atoms with Gasteiger partial charge in [0, 0.05) is 30.4 Å². The number of thiophene rings is 1. The van der Waals surface area contributed by atoms with Crippen LogP contribution in [0, 0.1) is 19.8 Å². The molecule has 10 heteroatoms. The topological polar surface area (TPSA) is 105 Å². The number of benzene rings is 1. The van der Waals surface area contributed by atoms with Gasteiger partial charge in [0.15, 0.2) is 0 Å². The number of nitrogens with zero attached hydrogens (tertiary/aromatic N) is 3. The lowest BCUT2D eigenvalue weighted by molar-refractivity contribution is -0.126.